The van der Waals surface area contributed by atoms with Crippen molar-refractivity contribution in [2.75, 3.05) is 6.66 Å². The molecule has 0 bridgehead atoms. The largest absolute Gasteiger partial charge is 0.425 e. The van der Waals surface area contributed by atoms with E-state index in [0.29, 0.717) is 22.5 Å². The molecule has 4 rings (SSSR count). The second-order valence-corrected chi connectivity index (χ2v) is 12.6. The molecule has 2 fully saturated rings. The molecule has 3 nitrogen and oxygen atoms in total. The van der Waals surface area contributed by atoms with E-state index in [-0.39, 0.29) is 5.41 Å². The molecular weight excluding hydrogens is 355 g/mol. The van der Waals surface area contributed by atoms with Crippen molar-refractivity contribution in [3.05, 3.63) is 28.8 Å². The van der Waals surface area contributed by atoms with Crippen molar-refractivity contribution in [1.82, 2.24) is 0 Å². The molecule has 0 spiro atoms. The van der Waals surface area contributed by atoms with Gasteiger partial charge < -0.3 is 9.42 Å². The molecule has 1 aromatic rings. The Labute approximate surface area is 164 Å². The Hall–Kier alpha value is -0.790. The molecule has 0 aliphatic heterocycles. The highest BCUT2D eigenvalue weighted by Crippen LogP contribution is 2.68. The summed E-state index contributed by atoms with van der Waals surface area (Å²) in [5.74, 6) is 1.98. The Morgan fingerprint density at radius 3 is 2.48 bits per heavy atom. The topological polar surface area (TPSA) is 46.5 Å². The number of benzene rings is 1. The van der Waals surface area contributed by atoms with Gasteiger partial charge in [-0.1, -0.05) is 34.1 Å². The zero-order chi connectivity index (χ0) is 19.8. The van der Waals surface area contributed by atoms with Gasteiger partial charge in [0.05, 0.1) is 0 Å². The highest BCUT2D eigenvalue weighted by molar-refractivity contribution is 7.52. The van der Waals surface area contributed by atoms with Crippen LogP contribution in [0.2, 0.25) is 0 Å². The summed E-state index contributed by atoms with van der Waals surface area (Å²) in [6, 6.07) is 4.02. The van der Waals surface area contributed by atoms with Gasteiger partial charge in [0.15, 0.2) is 0 Å². The van der Waals surface area contributed by atoms with Gasteiger partial charge in [-0.15, -0.1) is 0 Å². The van der Waals surface area contributed by atoms with Crippen LogP contribution >= 0.6 is 7.60 Å². The molecule has 2 saturated carbocycles. The summed E-state index contributed by atoms with van der Waals surface area (Å²) in [6.07, 6.45) is 7.66. The van der Waals surface area contributed by atoms with Crippen LogP contribution in [0.15, 0.2) is 12.1 Å². The van der Waals surface area contributed by atoms with E-state index >= 15 is 0 Å². The second kappa shape index (κ2) is 5.86. The second-order valence-electron chi connectivity index (χ2n) is 10.8. The van der Waals surface area contributed by atoms with Crippen LogP contribution in [-0.2, 0) is 16.4 Å². The predicted molar refractivity (Wildman–Crippen MR) is 111 cm³/mol. The first-order valence-electron chi connectivity index (χ1n) is 10.5. The zero-order valence-electron chi connectivity index (χ0n) is 17.8. The van der Waals surface area contributed by atoms with Gasteiger partial charge in [0.1, 0.15) is 5.75 Å². The summed E-state index contributed by atoms with van der Waals surface area (Å²) in [5.41, 5.74) is 5.07. The van der Waals surface area contributed by atoms with Crippen LogP contribution in [0.4, 0.5) is 0 Å². The fraction of sp³-hybridized carbons (Fsp3) is 0.739. The van der Waals surface area contributed by atoms with E-state index in [0.717, 1.165) is 12.3 Å². The molecule has 3 aliphatic rings. The third-order valence-corrected chi connectivity index (χ3v) is 9.00. The van der Waals surface area contributed by atoms with Gasteiger partial charge >= 0.3 is 7.60 Å². The first-order chi connectivity index (χ1) is 12.4. The summed E-state index contributed by atoms with van der Waals surface area (Å²) >= 11 is 0. The highest BCUT2D eigenvalue weighted by Gasteiger charge is 2.61. The Bertz CT molecular complexity index is 823. The first kappa shape index (κ1) is 19.5. The van der Waals surface area contributed by atoms with Crippen LogP contribution < -0.4 is 4.52 Å². The van der Waals surface area contributed by atoms with E-state index < -0.39 is 7.60 Å². The van der Waals surface area contributed by atoms with E-state index in [1.807, 2.05) is 12.1 Å². The summed E-state index contributed by atoms with van der Waals surface area (Å²) in [6.45, 7) is 13.4. The van der Waals surface area contributed by atoms with E-state index in [2.05, 4.69) is 34.6 Å². The smallest absolute Gasteiger partial charge is 0.373 e. The maximum Gasteiger partial charge on any atom is 0.373 e. The Kier molecular flexibility index (Phi) is 4.24. The molecule has 0 radical (unpaired) electrons. The van der Waals surface area contributed by atoms with Gasteiger partial charge in [-0.3, -0.25) is 0 Å². The average molecular weight is 391 g/mol. The lowest BCUT2D eigenvalue weighted by Crippen LogP contribution is -2.55. The third-order valence-electron chi connectivity index (χ3n) is 8.45. The summed E-state index contributed by atoms with van der Waals surface area (Å²) in [4.78, 5) is 9.65. The van der Waals surface area contributed by atoms with E-state index in [1.54, 1.807) is 0 Å². The SMILES string of the molecule is Cc1cc(OP(C)(=O)O)cc2c1[C@@]1(C)CC[C@H]3C(C)(C)CCC[C@]3(C)[C@@H]1C2. The number of fused-ring (bicyclic) bond motifs is 5. The van der Waals surface area contributed by atoms with E-state index in [4.69, 9.17) is 4.52 Å². The lowest BCUT2D eigenvalue weighted by atomic mass is 9.43. The standard InChI is InChI=1S/C23H35O3P/c1-15-12-17(26-27(6,24)25)13-16-14-19-22(4)10-7-9-21(2,3)18(22)8-11-23(19,5)20(15)16/h12-13,18-19H,7-11,14H2,1-6H3,(H,24,25)/t18-,19-,22-,23-/m0/s1. The van der Waals surface area contributed by atoms with Crippen LogP contribution in [0, 0.1) is 29.6 Å². The molecule has 4 heteroatoms. The van der Waals surface area contributed by atoms with Crippen molar-refractivity contribution >= 4 is 7.60 Å². The summed E-state index contributed by atoms with van der Waals surface area (Å²) in [7, 11) is -3.54. The van der Waals surface area contributed by atoms with Gasteiger partial charge in [0, 0.05) is 6.66 Å². The lowest BCUT2D eigenvalue weighted by molar-refractivity contribution is -0.0983. The average Bonchev–Trinajstić information content (AvgIpc) is 2.79. The minimum Gasteiger partial charge on any atom is -0.425 e. The molecule has 1 N–H and O–H groups in total. The fourth-order valence-corrected chi connectivity index (χ4v) is 8.17. The Morgan fingerprint density at radius 2 is 1.81 bits per heavy atom. The van der Waals surface area contributed by atoms with Crippen LogP contribution in [0.3, 0.4) is 0 Å². The van der Waals surface area contributed by atoms with Crippen molar-refractivity contribution in [2.24, 2.45) is 22.7 Å². The van der Waals surface area contributed by atoms with Crippen LogP contribution in [0.25, 0.3) is 0 Å². The van der Waals surface area contributed by atoms with Crippen molar-refractivity contribution in [1.29, 1.82) is 0 Å². The molecule has 3 aliphatic carbocycles. The number of hydrogen-bond donors (Lipinski definition) is 1. The van der Waals surface area contributed by atoms with Crippen LogP contribution in [-0.4, -0.2) is 11.6 Å². The van der Waals surface area contributed by atoms with Gasteiger partial charge in [0.25, 0.3) is 0 Å². The molecule has 0 saturated heterocycles. The number of aryl methyl sites for hydroxylation is 1. The lowest BCUT2D eigenvalue weighted by Gasteiger charge is -2.61. The fourth-order valence-electron chi connectivity index (χ4n) is 7.68. The van der Waals surface area contributed by atoms with E-state index in [9.17, 15) is 9.46 Å². The summed E-state index contributed by atoms with van der Waals surface area (Å²) < 4.78 is 17.1. The molecule has 1 unspecified atom stereocenters. The van der Waals surface area contributed by atoms with Crippen molar-refractivity contribution in [3.63, 3.8) is 0 Å². The van der Waals surface area contributed by atoms with Gasteiger partial charge in [-0.25, -0.2) is 4.57 Å². The molecule has 5 atom stereocenters. The molecule has 1 aromatic carbocycles. The van der Waals surface area contributed by atoms with Gasteiger partial charge in [0.2, 0.25) is 0 Å². The maximum atomic E-state index is 11.8. The minimum absolute atomic E-state index is 0.214. The predicted octanol–water partition coefficient (Wildman–Crippen LogP) is 6.25. The molecule has 0 heterocycles. The summed E-state index contributed by atoms with van der Waals surface area (Å²) in [5, 5.41) is 0. The van der Waals surface area contributed by atoms with Crippen LogP contribution in [0.1, 0.15) is 76.5 Å². The monoisotopic (exact) mass is 390 g/mol. The minimum atomic E-state index is -3.54. The van der Waals surface area contributed by atoms with Gasteiger partial charge in [-0.2, -0.15) is 0 Å². The number of rotatable bonds is 2. The molecule has 27 heavy (non-hydrogen) atoms. The normalized spacial score (nSPS) is 39.1. The van der Waals surface area contributed by atoms with Crippen molar-refractivity contribution < 1.29 is 14.0 Å². The van der Waals surface area contributed by atoms with E-state index in [1.165, 1.54) is 55.5 Å². The Balaban J connectivity index is 1.77. The van der Waals surface area contributed by atoms with Crippen molar-refractivity contribution in [2.45, 2.75) is 78.6 Å². The zero-order valence-corrected chi connectivity index (χ0v) is 18.7. The first-order valence-corrected chi connectivity index (χ1v) is 12.5. The Morgan fingerprint density at radius 1 is 1.11 bits per heavy atom. The maximum absolute atomic E-state index is 11.8. The highest BCUT2D eigenvalue weighted by atomic mass is 31.2. The molecule has 0 amide bonds. The van der Waals surface area contributed by atoms with Crippen molar-refractivity contribution in [3.8, 4) is 5.75 Å². The molecular formula is C23H35O3P. The quantitative estimate of drug-likeness (QED) is 0.608. The number of hydrogen-bond acceptors (Lipinski definition) is 2. The third kappa shape index (κ3) is 2.92. The van der Waals surface area contributed by atoms with Crippen LogP contribution in [0.5, 0.6) is 5.75 Å². The van der Waals surface area contributed by atoms with Gasteiger partial charge in [-0.05, 0) is 95.9 Å². The molecule has 150 valence electrons. The molecule has 0 aromatic heterocycles.